The van der Waals surface area contributed by atoms with Gasteiger partial charge in [-0.2, -0.15) is 4.98 Å². The highest BCUT2D eigenvalue weighted by Crippen LogP contribution is 2.25. The Morgan fingerprint density at radius 3 is 2.91 bits per heavy atom. The van der Waals surface area contributed by atoms with Crippen molar-refractivity contribution >= 4 is 22.9 Å². The summed E-state index contributed by atoms with van der Waals surface area (Å²) in [4.78, 5) is 7.95. The Labute approximate surface area is 138 Å². The maximum absolute atomic E-state index is 5.99. The summed E-state index contributed by atoms with van der Waals surface area (Å²) >= 11 is 7.74. The summed E-state index contributed by atoms with van der Waals surface area (Å²) in [6.07, 6.45) is 0. The second-order valence-corrected chi connectivity index (χ2v) is 6.54. The van der Waals surface area contributed by atoms with Gasteiger partial charge in [0.25, 0.3) is 0 Å². The molecule has 0 spiro atoms. The van der Waals surface area contributed by atoms with Gasteiger partial charge in [0.05, 0.1) is 6.54 Å². The fourth-order valence-electron chi connectivity index (χ4n) is 2.16. The highest BCUT2D eigenvalue weighted by molar-refractivity contribution is 7.10. The summed E-state index contributed by atoms with van der Waals surface area (Å²) in [5.41, 5.74) is 0.858. The molecule has 0 bridgehead atoms. The Morgan fingerprint density at radius 1 is 1.32 bits per heavy atom. The number of halogens is 1. The first kappa shape index (κ1) is 15.2. The van der Waals surface area contributed by atoms with E-state index in [2.05, 4.69) is 39.5 Å². The van der Waals surface area contributed by atoms with Crippen LogP contribution in [0.4, 0.5) is 0 Å². The standard InChI is InChI=1S/C16H16ClN3OS/c1-11(14-7-4-8-22-14)20(2)10-15-18-16(19-21-15)12-5-3-6-13(17)9-12/h3-9,11H,10H2,1-2H3. The molecule has 22 heavy (non-hydrogen) atoms. The van der Waals surface area contributed by atoms with Crippen molar-refractivity contribution in [2.24, 2.45) is 0 Å². The SMILES string of the molecule is CC(c1cccs1)N(C)Cc1nc(-c2cccc(Cl)c2)no1. The van der Waals surface area contributed by atoms with E-state index in [1.165, 1.54) is 4.88 Å². The number of aromatic nitrogens is 2. The van der Waals surface area contributed by atoms with Crippen LogP contribution in [0.25, 0.3) is 11.4 Å². The van der Waals surface area contributed by atoms with Gasteiger partial charge in [-0.1, -0.05) is 35.0 Å². The molecule has 0 radical (unpaired) electrons. The van der Waals surface area contributed by atoms with Crippen molar-refractivity contribution < 1.29 is 4.52 Å². The van der Waals surface area contributed by atoms with Gasteiger partial charge in [-0.15, -0.1) is 11.3 Å². The van der Waals surface area contributed by atoms with Crippen LogP contribution in [0.3, 0.4) is 0 Å². The Hall–Kier alpha value is -1.69. The molecule has 0 aliphatic heterocycles. The third-order valence-electron chi connectivity index (χ3n) is 3.55. The highest BCUT2D eigenvalue weighted by atomic mass is 35.5. The molecule has 3 rings (SSSR count). The third kappa shape index (κ3) is 3.38. The zero-order valence-corrected chi connectivity index (χ0v) is 13.9. The van der Waals surface area contributed by atoms with Crippen LogP contribution in [0, 0.1) is 0 Å². The number of hydrogen-bond acceptors (Lipinski definition) is 5. The maximum Gasteiger partial charge on any atom is 0.241 e. The van der Waals surface area contributed by atoms with Gasteiger partial charge >= 0.3 is 0 Å². The van der Waals surface area contributed by atoms with Gasteiger partial charge in [-0.05, 0) is 37.6 Å². The van der Waals surface area contributed by atoms with Crippen LogP contribution in [0.1, 0.15) is 23.7 Å². The minimum absolute atomic E-state index is 0.307. The van der Waals surface area contributed by atoms with E-state index in [4.69, 9.17) is 16.1 Å². The lowest BCUT2D eigenvalue weighted by atomic mass is 10.2. The summed E-state index contributed by atoms with van der Waals surface area (Å²) < 4.78 is 5.35. The van der Waals surface area contributed by atoms with Gasteiger partial charge in [-0.3, -0.25) is 4.90 Å². The second kappa shape index (κ2) is 6.60. The zero-order valence-electron chi connectivity index (χ0n) is 12.4. The molecular weight excluding hydrogens is 318 g/mol. The Bertz CT molecular complexity index is 741. The average Bonchev–Trinajstić information content (AvgIpc) is 3.18. The van der Waals surface area contributed by atoms with Crippen molar-refractivity contribution in [3.63, 3.8) is 0 Å². The predicted molar refractivity (Wildman–Crippen MR) is 88.9 cm³/mol. The molecule has 0 saturated carbocycles. The van der Waals surface area contributed by atoms with Crippen LogP contribution in [0.15, 0.2) is 46.3 Å². The first-order valence-corrected chi connectivity index (χ1v) is 8.21. The van der Waals surface area contributed by atoms with Gasteiger partial charge < -0.3 is 4.52 Å². The third-order valence-corrected chi connectivity index (χ3v) is 4.83. The van der Waals surface area contributed by atoms with Crippen LogP contribution < -0.4 is 0 Å². The van der Waals surface area contributed by atoms with Crippen LogP contribution in [0.5, 0.6) is 0 Å². The van der Waals surface area contributed by atoms with Crippen molar-refractivity contribution in [1.29, 1.82) is 0 Å². The van der Waals surface area contributed by atoms with Gasteiger partial charge in [0.1, 0.15) is 0 Å². The smallest absolute Gasteiger partial charge is 0.241 e. The molecule has 0 fully saturated rings. The summed E-state index contributed by atoms with van der Waals surface area (Å²) in [5, 5.41) is 6.78. The van der Waals surface area contributed by atoms with Gasteiger partial charge in [0.2, 0.25) is 11.7 Å². The molecule has 4 nitrogen and oxygen atoms in total. The topological polar surface area (TPSA) is 42.2 Å². The first-order chi connectivity index (χ1) is 10.6. The molecule has 1 atom stereocenters. The van der Waals surface area contributed by atoms with E-state index in [1.54, 1.807) is 11.3 Å². The van der Waals surface area contributed by atoms with Crippen LogP contribution >= 0.6 is 22.9 Å². The minimum Gasteiger partial charge on any atom is -0.338 e. The zero-order chi connectivity index (χ0) is 15.5. The van der Waals surface area contributed by atoms with E-state index in [-0.39, 0.29) is 0 Å². The molecule has 1 aromatic carbocycles. The maximum atomic E-state index is 5.99. The monoisotopic (exact) mass is 333 g/mol. The average molecular weight is 334 g/mol. The summed E-state index contributed by atoms with van der Waals surface area (Å²) in [7, 11) is 2.05. The molecule has 2 heterocycles. The molecule has 3 aromatic rings. The molecule has 0 saturated heterocycles. The van der Waals surface area contributed by atoms with Crippen LogP contribution in [-0.2, 0) is 6.54 Å². The van der Waals surface area contributed by atoms with Crippen LogP contribution in [0.2, 0.25) is 5.02 Å². The number of rotatable bonds is 5. The van der Waals surface area contributed by atoms with Crippen molar-refractivity contribution in [1.82, 2.24) is 15.0 Å². The quantitative estimate of drug-likeness (QED) is 0.682. The van der Waals surface area contributed by atoms with E-state index < -0.39 is 0 Å². The Kier molecular flexibility index (Phi) is 4.57. The lowest BCUT2D eigenvalue weighted by Crippen LogP contribution is -2.21. The van der Waals surface area contributed by atoms with Gasteiger partial charge in [0, 0.05) is 21.5 Å². The highest BCUT2D eigenvalue weighted by Gasteiger charge is 2.16. The molecule has 1 unspecified atom stereocenters. The Morgan fingerprint density at radius 2 is 2.18 bits per heavy atom. The van der Waals surface area contributed by atoms with E-state index in [0.717, 1.165) is 5.56 Å². The summed E-state index contributed by atoms with van der Waals surface area (Å²) in [5.74, 6) is 1.16. The minimum atomic E-state index is 0.307. The Balaban J connectivity index is 1.71. The van der Waals surface area contributed by atoms with Gasteiger partial charge in [-0.25, -0.2) is 0 Å². The van der Waals surface area contributed by atoms with Crippen molar-refractivity contribution in [2.75, 3.05) is 7.05 Å². The molecule has 0 aliphatic rings. The molecule has 114 valence electrons. The number of nitrogens with zero attached hydrogens (tertiary/aromatic N) is 3. The molecule has 2 aromatic heterocycles. The lowest BCUT2D eigenvalue weighted by Gasteiger charge is -2.21. The van der Waals surface area contributed by atoms with E-state index in [0.29, 0.717) is 29.3 Å². The molecule has 0 aliphatic carbocycles. The number of benzene rings is 1. The van der Waals surface area contributed by atoms with E-state index in [9.17, 15) is 0 Å². The summed E-state index contributed by atoms with van der Waals surface area (Å²) in [6, 6.07) is 11.9. The molecule has 0 amide bonds. The van der Waals surface area contributed by atoms with E-state index in [1.807, 2.05) is 31.3 Å². The predicted octanol–water partition coefficient (Wildman–Crippen LogP) is 4.64. The van der Waals surface area contributed by atoms with Crippen molar-refractivity contribution in [3.8, 4) is 11.4 Å². The number of hydrogen-bond donors (Lipinski definition) is 0. The normalized spacial score (nSPS) is 12.7. The second-order valence-electron chi connectivity index (χ2n) is 5.13. The molecule has 6 heteroatoms. The fourth-order valence-corrected chi connectivity index (χ4v) is 3.20. The number of thiophene rings is 1. The molecule has 0 N–H and O–H groups in total. The van der Waals surface area contributed by atoms with E-state index >= 15 is 0 Å². The van der Waals surface area contributed by atoms with Crippen LogP contribution in [-0.4, -0.2) is 22.1 Å². The van der Waals surface area contributed by atoms with Gasteiger partial charge in [0.15, 0.2) is 0 Å². The fraction of sp³-hybridized carbons (Fsp3) is 0.250. The largest absolute Gasteiger partial charge is 0.338 e. The summed E-state index contributed by atoms with van der Waals surface area (Å²) in [6.45, 7) is 2.77. The molecular formula is C16H16ClN3OS. The van der Waals surface area contributed by atoms with Crippen molar-refractivity contribution in [3.05, 3.63) is 57.6 Å². The first-order valence-electron chi connectivity index (χ1n) is 6.95. The van der Waals surface area contributed by atoms with Crippen molar-refractivity contribution in [2.45, 2.75) is 19.5 Å². The lowest BCUT2D eigenvalue weighted by molar-refractivity contribution is 0.219.